The highest BCUT2D eigenvalue weighted by Crippen LogP contribution is 2.55. The summed E-state index contributed by atoms with van der Waals surface area (Å²) in [5.41, 5.74) is 3.46. The largest absolute Gasteiger partial charge is 0.733 e. The lowest BCUT2D eigenvalue weighted by Gasteiger charge is -2.47. The molecular weight excluding hydrogens is 376 g/mol. The van der Waals surface area contributed by atoms with Gasteiger partial charge in [0.2, 0.25) is 5.72 Å². The predicted molar refractivity (Wildman–Crippen MR) is 119 cm³/mol. The molecule has 5 nitrogen and oxygen atoms in total. The first kappa shape index (κ1) is 18.7. The number of anilines is 2. The molecule has 0 amide bonds. The minimum absolute atomic E-state index is 0.129. The van der Waals surface area contributed by atoms with Crippen LogP contribution in [0.25, 0.3) is 6.08 Å². The van der Waals surface area contributed by atoms with E-state index in [1.54, 1.807) is 18.2 Å². The molecule has 0 aliphatic carbocycles. The molecule has 0 fully saturated rings. The smallest absolute Gasteiger partial charge is 0.212 e. The van der Waals surface area contributed by atoms with E-state index in [1.807, 2.05) is 24.3 Å². The molecule has 0 bridgehead atoms. The number of fused-ring (bicyclic) bond motifs is 2. The molecule has 1 N–H and O–H groups in total. The molecule has 5 heteroatoms. The van der Waals surface area contributed by atoms with E-state index in [2.05, 4.69) is 61.2 Å². The van der Waals surface area contributed by atoms with Crippen LogP contribution in [0, 0.1) is 5.21 Å². The number of hydrogen-bond acceptors (Lipinski definition) is 5. The highest BCUT2D eigenvalue weighted by Gasteiger charge is 2.58. The second kappa shape index (κ2) is 6.62. The molecule has 0 saturated carbocycles. The van der Waals surface area contributed by atoms with E-state index < -0.39 is 5.72 Å². The van der Waals surface area contributed by atoms with Crippen LogP contribution in [0.1, 0.15) is 30.5 Å². The Morgan fingerprint density at radius 3 is 2.50 bits per heavy atom. The van der Waals surface area contributed by atoms with Crippen LogP contribution in [0.15, 0.2) is 78.9 Å². The van der Waals surface area contributed by atoms with Gasteiger partial charge < -0.3 is 20.1 Å². The Bertz CT molecular complexity index is 1120. The van der Waals surface area contributed by atoms with Crippen LogP contribution in [-0.4, -0.2) is 10.9 Å². The minimum Gasteiger partial charge on any atom is -0.733 e. The number of hydrogen-bond donors (Lipinski definition) is 1. The molecule has 152 valence electrons. The third-order valence-corrected chi connectivity index (χ3v) is 6.32. The molecule has 3 aromatic carbocycles. The van der Waals surface area contributed by atoms with Gasteiger partial charge in [0, 0.05) is 17.8 Å². The average molecular weight is 399 g/mol. The maximum atomic E-state index is 11.3. The van der Waals surface area contributed by atoms with E-state index in [4.69, 9.17) is 4.74 Å². The van der Waals surface area contributed by atoms with Gasteiger partial charge in [-0.15, -0.1) is 0 Å². The van der Waals surface area contributed by atoms with Crippen molar-refractivity contribution < 1.29 is 9.94 Å². The number of rotatable bonds is 3. The van der Waals surface area contributed by atoms with E-state index in [-0.39, 0.29) is 16.3 Å². The van der Waals surface area contributed by atoms with E-state index >= 15 is 0 Å². The Morgan fingerprint density at radius 2 is 1.73 bits per heavy atom. The van der Waals surface area contributed by atoms with Gasteiger partial charge in [-0.3, -0.25) is 5.21 Å². The third kappa shape index (κ3) is 2.63. The monoisotopic (exact) mass is 399 g/mol. The molecule has 1 atom stereocenters. The van der Waals surface area contributed by atoms with Gasteiger partial charge in [0.15, 0.2) is 0 Å². The van der Waals surface area contributed by atoms with Gasteiger partial charge in [-0.05, 0) is 61.4 Å². The van der Waals surface area contributed by atoms with Gasteiger partial charge in [-0.2, -0.15) is 0 Å². The van der Waals surface area contributed by atoms with Crippen LogP contribution in [0.3, 0.4) is 0 Å². The number of nitrogens with zero attached hydrogens (tertiary/aromatic N) is 2. The van der Waals surface area contributed by atoms with Crippen molar-refractivity contribution in [2.24, 2.45) is 0 Å². The SMILES string of the molecule is CC1(C)c2ccccc2N(Cc2ccccc2)C12C=Cc1cc(N([O-])O)ccc1O2. The Balaban J connectivity index is 1.64. The van der Waals surface area contributed by atoms with Crippen LogP contribution in [-0.2, 0) is 12.0 Å². The average Bonchev–Trinajstić information content (AvgIpc) is 2.93. The van der Waals surface area contributed by atoms with Crippen LogP contribution in [0.5, 0.6) is 5.75 Å². The fourth-order valence-corrected chi connectivity index (χ4v) is 4.68. The topological polar surface area (TPSA) is 59.0 Å². The second-order valence-electron chi connectivity index (χ2n) is 8.34. The Morgan fingerprint density at radius 1 is 1.00 bits per heavy atom. The van der Waals surface area contributed by atoms with Gasteiger partial charge in [0.1, 0.15) is 5.75 Å². The van der Waals surface area contributed by atoms with Gasteiger partial charge >= 0.3 is 0 Å². The lowest BCUT2D eigenvalue weighted by Crippen LogP contribution is -2.59. The number of para-hydroxylation sites is 1. The van der Waals surface area contributed by atoms with Crippen molar-refractivity contribution in [1.29, 1.82) is 0 Å². The summed E-state index contributed by atoms with van der Waals surface area (Å²) >= 11 is 0. The standard InChI is InChI=1S/C25H23N2O3/c1-24(2)21-10-6-7-11-22(21)26(17-18-8-4-3-5-9-18)25(24)15-14-19-16-20(27(28)29)12-13-23(19)30-25/h3-16,28H,17H2,1-2H3/q-1. The number of ether oxygens (including phenoxy) is 1. The molecule has 0 saturated heterocycles. The zero-order valence-corrected chi connectivity index (χ0v) is 16.9. The van der Waals surface area contributed by atoms with Crippen LogP contribution >= 0.6 is 0 Å². The minimum atomic E-state index is -0.725. The summed E-state index contributed by atoms with van der Waals surface area (Å²) in [6.45, 7) is 5.10. The van der Waals surface area contributed by atoms with E-state index in [0.29, 0.717) is 12.3 Å². The quantitative estimate of drug-likeness (QED) is 0.591. The molecule has 0 aromatic heterocycles. The van der Waals surface area contributed by atoms with Gasteiger partial charge in [0.05, 0.1) is 11.1 Å². The summed E-state index contributed by atoms with van der Waals surface area (Å²) in [6.07, 6.45) is 4.06. The summed E-state index contributed by atoms with van der Waals surface area (Å²) in [7, 11) is 0. The van der Waals surface area contributed by atoms with Crippen molar-refractivity contribution in [2.75, 3.05) is 10.1 Å². The van der Waals surface area contributed by atoms with Gasteiger partial charge in [-0.1, -0.05) is 48.5 Å². The third-order valence-electron chi connectivity index (χ3n) is 6.32. The highest BCUT2D eigenvalue weighted by atomic mass is 16.8. The van der Waals surface area contributed by atoms with Crippen molar-refractivity contribution >= 4 is 17.5 Å². The zero-order chi connectivity index (χ0) is 20.9. The Labute approximate surface area is 176 Å². The van der Waals surface area contributed by atoms with Crippen molar-refractivity contribution in [2.45, 2.75) is 31.5 Å². The van der Waals surface area contributed by atoms with Crippen molar-refractivity contribution in [3.63, 3.8) is 0 Å². The van der Waals surface area contributed by atoms with Gasteiger partial charge in [0.25, 0.3) is 0 Å². The molecule has 30 heavy (non-hydrogen) atoms. The van der Waals surface area contributed by atoms with Crippen molar-refractivity contribution in [3.05, 3.63) is 101 Å². The highest BCUT2D eigenvalue weighted by molar-refractivity contribution is 5.73. The number of benzene rings is 3. The molecule has 2 aliphatic rings. The van der Waals surface area contributed by atoms with Crippen LogP contribution in [0.2, 0.25) is 0 Å². The fraction of sp³-hybridized carbons (Fsp3) is 0.200. The van der Waals surface area contributed by atoms with E-state index in [9.17, 15) is 10.4 Å². The van der Waals surface area contributed by atoms with Crippen molar-refractivity contribution in [1.82, 2.24) is 0 Å². The molecule has 2 aliphatic heterocycles. The second-order valence-corrected chi connectivity index (χ2v) is 8.34. The molecule has 3 aromatic rings. The fourth-order valence-electron chi connectivity index (χ4n) is 4.68. The summed E-state index contributed by atoms with van der Waals surface area (Å²) in [5, 5.41) is 20.4. The van der Waals surface area contributed by atoms with Gasteiger partial charge in [-0.25, -0.2) is 0 Å². The molecule has 5 rings (SSSR count). The molecule has 0 radical (unpaired) electrons. The maximum Gasteiger partial charge on any atom is 0.212 e. The van der Waals surface area contributed by atoms with Crippen molar-refractivity contribution in [3.8, 4) is 5.75 Å². The zero-order valence-electron chi connectivity index (χ0n) is 16.9. The summed E-state index contributed by atoms with van der Waals surface area (Å²) in [5.74, 6) is 0.682. The first-order valence-corrected chi connectivity index (χ1v) is 10.0. The normalized spacial score (nSPS) is 20.6. The Kier molecular flexibility index (Phi) is 4.13. The van der Waals surface area contributed by atoms with Crippen LogP contribution < -0.4 is 14.9 Å². The Hall–Kier alpha value is -3.28. The lowest BCUT2D eigenvalue weighted by molar-refractivity contribution is 0.0521. The lowest BCUT2D eigenvalue weighted by atomic mass is 9.76. The predicted octanol–water partition coefficient (Wildman–Crippen LogP) is 5.48. The van der Waals surface area contributed by atoms with E-state index in [0.717, 1.165) is 11.3 Å². The summed E-state index contributed by atoms with van der Waals surface area (Å²) in [6, 6.07) is 23.7. The molecular formula is C25H23N2O3-. The first-order valence-electron chi connectivity index (χ1n) is 10.0. The summed E-state index contributed by atoms with van der Waals surface area (Å²) in [4.78, 5) is 2.32. The van der Waals surface area contributed by atoms with Crippen LogP contribution in [0.4, 0.5) is 11.4 Å². The van der Waals surface area contributed by atoms with E-state index in [1.165, 1.54) is 11.1 Å². The summed E-state index contributed by atoms with van der Waals surface area (Å²) < 4.78 is 6.73. The molecule has 2 heterocycles. The molecule has 1 spiro atoms. The maximum absolute atomic E-state index is 11.3. The molecule has 1 unspecified atom stereocenters. The first-order chi connectivity index (χ1) is 14.4.